The number of nitrogens with zero attached hydrogens (tertiary/aromatic N) is 2. The van der Waals surface area contributed by atoms with Crippen molar-refractivity contribution in [2.45, 2.75) is 13.0 Å². The Bertz CT molecular complexity index is 727. The van der Waals surface area contributed by atoms with Crippen molar-refractivity contribution in [1.29, 1.82) is 0 Å². The van der Waals surface area contributed by atoms with E-state index in [1.165, 1.54) is 0 Å². The molecule has 1 amide bonds. The lowest BCUT2D eigenvalue weighted by molar-refractivity contribution is -0.122. The van der Waals surface area contributed by atoms with Gasteiger partial charge in [-0.25, -0.2) is 0 Å². The third-order valence-corrected chi connectivity index (χ3v) is 5.11. The molecule has 1 fully saturated rings. The van der Waals surface area contributed by atoms with Gasteiger partial charge in [0.15, 0.2) is 0 Å². The highest BCUT2D eigenvalue weighted by Crippen LogP contribution is 2.25. The van der Waals surface area contributed by atoms with Crippen LogP contribution in [0.25, 0.3) is 0 Å². The first kappa shape index (κ1) is 17.9. The molecule has 5 heteroatoms. The molecule has 1 N–H and O–H groups in total. The van der Waals surface area contributed by atoms with Crippen LogP contribution in [0.5, 0.6) is 0 Å². The summed E-state index contributed by atoms with van der Waals surface area (Å²) in [4.78, 5) is 17.6. The van der Waals surface area contributed by atoms with E-state index in [0.717, 1.165) is 43.0 Å². The molecule has 0 unspecified atom stereocenters. The van der Waals surface area contributed by atoms with Gasteiger partial charge in [0.1, 0.15) is 6.04 Å². The average molecular weight is 358 g/mol. The summed E-state index contributed by atoms with van der Waals surface area (Å²) in [5, 5.41) is 3.70. The van der Waals surface area contributed by atoms with Crippen LogP contribution in [0, 0.1) is 6.92 Å². The van der Waals surface area contributed by atoms with Gasteiger partial charge in [-0.15, -0.1) is 0 Å². The molecular formula is C20H24ClN3O. The number of hydrogen-bond acceptors (Lipinski definition) is 3. The predicted molar refractivity (Wildman–Crippen MR) is 103 cm³/mol. The fraction of sp³-hybridized carbons (Fsp3) is 0.350. The van der Waals surface area contributed by atoms with Gasteiger partial charge in [-0.1, -0.05) is 48.0 Å². The summed E-state index contributed by atoms with van der Waals surface area (Å²) >= 11 is 6.19. The number of halogens is 1. The second-order valence-electron chi connectivity index (χ2n) is 6.61. The fourth-order valence-corrected chi connectivity index (χ4v) is 3.31. The SMILES string of the molecule is Cc1ccc(NC(=O)[C@@H](c2ccccc2)N2CCN(C)CC2)cc1Cl. The standard InChI is InChI=1S/C20H24ClN3O/c1-15-8-9-17(14-18(15)21)22-20(25)19(16-6-4-3-5-7-16)24-12-10-23(2)11-13-24/h3-9,14,19H,10-13H2,1-2H3,(H,22,25)/t19-/m1/s1. The van der Waals surface area contributed by atoms with Crippen LogP contribution in [0.4, 0.5) is 5.69 Å². The lowest BCUT2D eigenvalue weighted by Crippen LogP contribution is -2.48. The molecule has 2 aromatic rings. The number of piperazine rings is 1. The Morgan fingerprint density at radius 3 is 2.40 bits per heavy atom. The van der Waals surface area contributed by atoms with Crippen LogP contribution in [-0.2, 0) is 4.79 Å². The van der Waals surface area contributed by atoms with Crippen LogP contribution < -0.4 is 5.32 Å². The van der Waals surface area contributed by atoms with Gasteiger partial charge in [0.05, 0.1) is 0 Å². The fourth-order valence-electron chi connectivity index (χ4n) is 3.12. The molecule has 3 rings (SSSR count). The lowest BCUT2D eigenvalue weighted by Gasteiger charge is -2.37. The number of amides is 1. The molecule has 132 valence electrons. The van der Waals surface area contributed by atoms with E-state index in [9.17, 15) is 4.79 Å². The Balaban J connectivity index is 1.83. The van der Waals surface area contributed by atoms with Crippen molar-refractivity contribution in [1.82, 2.24) is 9.80 Å². The van der Waals surface area contributed by atoms with Gasteiger partial charge in [0, 0.05) is 36.9 Å². The molecule has 0 saturated carbocycles. The Morgan fingerprint density at radius 2 is 1.76 bits per heavy atom. The zero-order valence-electron chi connectivity index (χ0n) is 14.7. The number of benzene rings is 2. The number of aryl methyl sites for hydroxylation is 1. The first-order chi connectivity index (χ1) is 12.0. The topological polar surface area (TPSA) is 35.6 Å². The summed E-state index contributed by atoms with van der Waals surface area (Å²) in [7, 11) is 2.11. The van der Waals surface area contributed by atoms with E-state index in [1.807, 2.05) is 49.4 Å². The number of hydrogen-bond donors (Lipinski definition) is 1. The maximum absolute atomic E-state index is 13.1. The van der Waals surface area contributed by atoms with E-state index in [1.54, 1.807) is 6.07 Å². The molecule has 0 radical (unpaired) electrons. The Hall–Kier alpha value is -1.88. The highest BCUT2D eigenvalue weighted by Gasteiger charge is 2.29. The predicted octanol–water partition coefficient (Wildman–Crippen LogP) is 3.58. The molecule has 1 aliphatic heterocycles. The zero-order valence-corrected chi connectivity index (χ0v) is 15.5. The summed E-state index contributed by atoms with van der Waals surface area (Å²) < 4.78 is 0. The highest BCUT2D eigenvalue weighted by molar-refractivity contribution is 6.31. The summed E-state index contributed by atoms with van der Waals surface area (Å²) in [5.74, 6) is -0.0179. The van der Waals surface area contributed by atoms with E-state index in [2.05, 4.69) is 22.2 Å². The highest BCUT2D eigenvalue weighted by atomic mass is 35.5. The summed E-state index contributed by atoms with van der Waals surface area (Å²) in [6.45, 7) is 5.63. The average Bonchev–Trinajstić information content (AvgIpc) is 2.61. The maximum Gasteiger partial charge on any atom is 0.246 e. The molecule has 1 saturated heterocycles. The molecule has 1 heterocycles. The van der Waals surface area contributed by atoms with Crippen molar-refractivity contribution in [2.24, 2.45) is 0 Å². The minimum atomic E-state index is -0.296. The number of rotatable bonds is 4. The van der Waals surface area contributed by atoms with E-state index < -0.39 is 0 Å². The van der Waals surface area contributed by atoms with Crippen molar-refractivity contribution in [3.05, 3.63) is 64.7 Å². The van der Waals surface area contributed by atoms with Gasteiger partial charge >= 0.3 is 0 Å². The molecule has 0 aliphatic carbocycles. The molecule has 0 bridgehead atoms. The molecule has 4 nitrogen and oxygen atoms in total. The van der Waals surface area contributed by atoms with E-state index in [4.69, 9.17) is 11.6 Å². The second-order valence-corrected chi connectivity index (χ2v) is 7.01. The third-order valence-electron chi connectivity index (χ3n) is 4.71. The largest absolute Gasteiger partial charge is 0.324 e. The third kappa shape index (κ3) is 4.40. The van der Waals surface area contributed by atoms with E-state index in [-0.39, 0.29) is 11.9 Å². The maximum atomic E-state index is 13.1. The number of anilines is 1. The van der Waals surface area contributed by atoms with Crippen molar-refractivity contribution in [2.75, 3.05) is 38.5 Å². The van der Waals surface area contributed by atoms with Crippen LogP contribution in [-0.4, -0.2) is 48.9 Å². The van der Waals surface area contributed by atoms with Crippen molar-refractivity contribution in [3.8, 4) is 0 Å². The quantitative estimate of drug-likeness (QED) is 0.908. The van der Waals surface area contributed by atoms with Crippen molar-refractivity contribution in [3.63, 3.8) is 0 Å². The lowest BCUT2D eigenvalue weighted by atomic mass is 10.0. The molecular weight excluding hydrogens is 334 g/mol. The second kappa shape index (κ2) is 8.00. The molecule has 1 aliphatic rings. The van der Waals surface area contributed by atoms with Gasteiger partial charge in [-0.05, 0) is 37.2 Å². The summed E-state index contributed by atoms with van der Waals surface area (Å²) in [6.07, 6.45) is 0. The van der Waals surface area contributed by atoms with Gasteiger partial charge < -0.3 is 10.2 Å². The van der Waals surface area contributed by atoms with Crippen LogP contribution >= 0.6 is 11.6 Å². The molecule has 0 aromatic heterocycles. The van der Waals surface area contributed by atoms with Crippen LogP contribution in [0.3, 0.4) is 0 Å². The van der Waals surface area contributed by atoms with Crippen molar-refractivity contribution >= 4 is 23.2 Å². The first-order valence-electron chi connectivity index (χ1n) is 8.59. The zero-order chi connectivity index (χ0) is 17.8. The minimum absolute atomic E-state index is 0.0179. The molecule has 1 atom stereocenters. The molecule has 0 spiro atoms. The monoisotopic (exact) mass is 357 g/mol. The van der Waals surface area contributed by atoms with E-state index >= 15 is 0 Å². The summed E-state index contributed by atoms with van der Waals surface area (Å²) in [6, 6.07) is 15.3. The van der Waals surface area contributed by atoms with Gasteiger partial charge in [0.25, 0.3) is 0 Å². The summed E-state index contributed by atoms with van der Waals surface area (Å²) in [5.41, 5.74) is 2.75. The number of likely N-dealkylation sites (N-methyl/N-ethyl adjacent to an activating group) is 1. The van der Waals surface area contributed by atoms with Crippen molar-refractivity contribution < 1.29 is 4.79 Å². The van der Waals surface area contributed by atoms with E-state index in [0.29, 0.717) is 5.02 Å². The molecule has 25 heavy (non-hydrogen) atoms. The Labute approximate surface area is 154 Å². The molecule has 2 aromatic carbocycles. The van der Waals surface area contributed by atoms with Crippen LogP contribution in [0.15, 0.2) is 48.5 Å². The number of carbonyl (C=O) groups is 1. The number of nitrogens with one attached hydrogen (secondary N) is 1. The normalized spacial score (nSPS) is 17.2. The van der Waals surface area contributed by atoms with Gasteiger partial charge in [0.2, 0.25) is 5.91 Å². The van der Waals surface area contributed by atoms with Crippen LogP contribution in [0.1, 0.15) is 17.2 Å². The minimum Gasteiger partial charge on any atom is -0.324 e. The Morgan fingerprint density at radius 1 is 1.08 bits per heavy atom. The van der Waals surface area contributed by atoms with Gasteiger partial charge in [-0.3, -0.25) is 9.69 Å². The Kier molecular flexibility index (Phi) is 5.74. The van der Waals surface area contributed by atoms with Crippen LogP contribution in [0.2, 0.25) is 5.02 Å². The first-order valence-corrected chi connectivity index (χ1v) is 8.97. The van der Waals surface area contributed by atoms with Gasteiger partial charge in [-0.2, -0.15) is 0 Å². The smallest absolute Gasteiger partial charge is 0.246 e. The number of carbonyl (C=O) groups excluding carboxylic acids is 1.